The van der Waals surface area contributed by atoms with Crippen LogP contribution in [0.4, 0.5) is 5.69 Å². The fourth-order valence-corrected chi connectivity index (χ4v) is 1.91. The van der Waals surface area contributed by atoms with E-state index in [1.807, 2.05) is 44.2 Å². The van der Waals surface area contributed by atoms with Crippen LogP contribution in [0.3, 0.4) is 0 Å². The zero-order chi connectivity index (χ0) is 14.5. The largest absolute Gasteiger partial charge is 0.480 e. The smallest absolute Gasteiger partial charge is 0.278 e. The van der Waals surface area contributed by atoms with Crippen LogP contribution in [-0.4, -0.2) is 29.0 Å². The minimum atomic E-state index is -0.197. The fraction of sp³-hybridized carbons (Fsp3) is 0.267. The van der Waals surface area contributed by atoms with Crippen LogP contribution in [0.15, 0.2) is 42.7 Å². The number of hydrogen-bond donors (Lipinski definition) is 0. The second-order valence-corrected chi connectivity index (χ2v) is 4.55. The Kier molecular flexibility index (Phi) is 4.30. The van der Waals surface area contributed by atoms with Gasteiger partial charge in [-0.15, -0.1) is 0 Å². The molecule has 1 aromatic carbocycles. The zero-order valence-electron chi connectivity index (χ0n) is 11.8. The number of carbonyl (C=O) groups excluding carboxylic acids is 1. The van der Waals surface area contributed by atoms with Gasteiger partial charge in [0.25, 0.3) is 5.91 Å². The molecule has 0 unspecified atom stereocenters. The van der Waals surface area contributed by atoms with E-state index in [9.17, 15) is 4.79 Å². The van der Waals surface area contributed by atoms with Gasteiger partial charge in [-0.1, -0.05) is 18.2 Å². The highest BCUT2D eigenvalue weighted by atomic mass is 16.5. The van der Waals surface area contributed by atoms with Gasteiger partial charge in [0.05, 0.1) is 19.5 Å². The van der Waals surface area contributed by atoms with Gasteiger partial charge in [-0.2, -0.15) is 0 Å². The van der Waals surface area contributed by atoms with E-state index in [1.54, 1.807) is 4.90 Å². The van der Waals surface area contributed by atoms with Crippen molar-refractivity contribution in [3.8, 4) is 5.88 Å². The molecule has 104 valence electrons. The van der Waals surface area contributed by atoms with Gasteiger partial charge >= 0.3 is 0 Å². The second-order valence-electron chi connectivity index (χ2n) is 4.55. The monoisotopic (exact) mass is 271 g/mol. The Balaban J connectivity index is 2.37. The van der Waals surface area contributed by atoms with Gasteiger partial charge in [-0.25, -0.2) is 4.98 Å². The van der Waals surface area contributed by atoms with Gasteiger partial charge in [-0.3, -0.25) is 9.78 Å². The number of aromatic nitrogens is 2. The molecule has 5 nitrogen and oxygen atoms in total. The molecule has 0 atom stereocenters. The first-order chi connectivity index (χ1) is 9.63. The van der Waals surface area contributed by atoms with Crippen LogP contribution in [0.5, 0.6) is 5.88 Å². The molecule has 1 aromatic heterocycles. The van der Waals surface area contributed by atoms with Crippen molar-refractivity contribution in [2.24, 2.45) is 0 Å². The van der Waals surface area contributed by atoms with Crippen molar-refractivity contribution in [1.29, 1.82) is 0 Å². The molecule has 0 aliphatic heterocycles. The summed E-state index contributed by atoms with van der Waals surface area (Å²) in [5.41, 5.74) is 1.10. The lowest BCUT2D eigenvalue weighted by Crippen LogP contribution is -2.37. The average molecular weight is 271 g/mol. The molecule has 0 saturated heterocycles. The molecular formula is C15H17N3O2. The first-order valence-electron chi connectivity index (χ1n) is 6.38. The van der Waals surface area contributed by atoms with E-state index in [0.29, 0.717) is 5.88 Å². The predicted molar refractivity (Wildman–Crippen MR) is 77.0 cm³/mol. The number of nitrogens with zero attached hydrogens (tertiary/aromatic N) is 3. The third-order valence-electron chi connectivity index (χ3n) is 2.81. The predicted octanol–water partition coefficient (Wildman–Crippen LogP) is 2.54. The Bertz CT molecular complexity index is 585. The van der Waals surface area contributed by atoms with Crippen molar-refractivity contribution in [1.82, 2.24) is 9.97 Å². The highest BCUT2D eigenvalue weighted by Gasteiger charge is 2.22. The van der Waals surface area contributed by atoms with Gasteiger partial charge in [-0.05, 0) is 26.0 Å². The van der Waals surface area contributed by atoms with Crippen molar-refractivity contribution in [3.63, 3.8) is 0 Å². The normalized spacial score (nSPS) is 10.4. The molecule has 0 saturated carbocycles. The number of anilines is 1. The molecule has 0 bridgehead atoms. The summed E-state index contributed by atoms with van der Waals surface area (Å²) in [5.74, 6) is 0.130. The Morgan fingerprint density at radius 1 is 1.20 bits per heavy atom. The molecule has 1 heterocycles. The minimum absolute atomic E-state index is 0.0119. The standard InChI is InChI=1S/C15H17N3O2/c1-11(2)18(12-7-5-4-6-8-12)15(19)13-9-16-10-14(17-13)20-3/h4-11H,1-3H3. The molecule has 1 amide bonds. The Morgan fingerprint density at radius 2 is 1.90 bits per heavy atom. The van der Waals surface area contributed by atoms with Crippen LogP contribution in [0, 0.1) is 0 Å². The SMILES string of the molecule is COc1cncc(C(=O)N(c2ccccc2)C(C)C)n1. The van der Waals surface area contributed by atoms with E-state index in [0.717, 1.165) is 5.69 Å². The summed E-state index contributed by atoms with van der Waals surface area (Å²) in [4.78, 5) is 22.4. The number of benzene rings is 1. The topological polar surface area (TPSA) is 55.3 Å². The quantitative estimate of drug-likeness (QED) is 0.857. The molecule has 5 heteroatoms. The molecule has 2 aromatic rings. The first-order valence-corrected chi connectivity index (χ1v) is 6.38. The van der Waals surface area contributed by atoms with Crippen molar-refractivity contribution >= 4 is 11.6 Å². The summed E-state index contributed by atoms with van der Waals surface area (Å²) in [6.07, 6.45) is 2.92. The van der Waals surface area contributed by atoms with Gasteiger partial charge in [0.2, 0.25) is 5.88 Å². The number of hydrogen-bond acceptors (Lipinski definition) is 4. The van der Waals surface area contributed by atoms with E-state index >= 15 is 0 Å². The Hall–Kier alpha value is -2.43. The summed E-state index contributed by atoms with van der Waals surface area (Å²) >= 11 is 0. The molecule has 20 heavy (non-hydrogen) atoms. The molecule has 0 aliphatic rings. The number of para-hydroxylation sites is 1. The highest BCUT2D eigenvalue weighted by molar-refractivity contribution is 6.05. The fourth-order valence-electron chi connectivity index (χ4n) is 1.91. The van der Waals surface area contributed by atoms with E-state index in [-0.39, 0.29) is 17.6 Å². The summed E-state index contributed by atoms with van der Waals surface area (Å²) in [6, 6.07) is 9.51. The molecular weight excluding hydrogens is 254 g/mol. The van der Waals surface area contributed by atoms with Crippen molar-refractivity contribution in [3.05, 3.63) is 48.4 Å². The van der Waals surface area contributed by atoms with Gasteiger partial charge in [0.1, 0.15) is 0 Å². The van der Waals surface area contributed by atoms with Crippen LogP contribution in [-0.2, 0) is 0 Å². The summed E-state index contributed by atoms with van der Waals surface area (Å²) < 4.78 is 5.01. The lowest BCUT2D eigenvalue weighted by atomic mass is 10.2. The Morgan fingerprint density at radius 3 is 2.50 bits per heavy atom. The van der Waals surface area contributed by atoms with Gasteiger partial charge in [0, 0.05) is 11.7 Å². The van der Waals surface area contributed by atoms with Crippen molar-refractivity contribution in [2.45, 2.75) is 19.9 Å². The van der Waals surface area contributed by atoms with Gasteiger partial charge < -0.3 is 9.64 Å². The van der Waals surface area contributed by atoms with Crippen LogP contribution in [0.1, 0.15) is 24.3 Å². The molecule has 0 radical (unpaired) electrons. The third kappa shape index (κ3) is 2.93. The number of rotatable bonds is 4. The van der Waals surface area contributed by atoms with Crippen molar-refractivity contribution in [2.75, 3.05) is 12.0 Å². The van der Waals surface area contributed by atoms with E-state index < -0.39 is 0 Å². The maximum absolute atomic E-state index is 12.6. The summed E-state index contributed by atoms with van der Waals surface area (Å²) in [5, 5.41) is 0. The lowest BCUT2D eigenvalue weighted by molar-refractivity contribution is 0.0974. The number of ether oxygens (including phenoxy) is 1. The van der Waals surface area contributed by atoms with E-state index in [1.165, 1.54) is 19.5 Å². The van der Waals surface area contributed by atoms with E-state index in [4.69, 9.17) is 4.74 Å². The van der Waals surface area contributed by atoms with Crippen molar-refractivity contribution < 1.29 is 9.53 Å². The van der Waals surface area contributed by atoms with Crippen LogP contribution < -0.4 is 9.64 Å². The zero-order valence-corrected chi connectivity index (χ0v) is 11.8. The first kappa shape index (κ1) is 14.0. The minimum Gasteiger partial charge on any atom is -0.480 e. The lowest BCUT2D eigenvalue weighted by Gasteiger charge is -2.26. The molecule has 0 N–H and O–H groups in total. The number of amides is 1. The maximum Gasteiger partial charge on any atom is 0.278 e. The molecule has 2 rings (SSSR count). The van der Waals surface area contributed by atoms with Crippen LogP contribution in [0.25, 0.3) is 0 Å². The third-order valence-corrected chi connectivity index (χ3v) is 2.81. The summed E-state index contributed by atoms with van der Waals surface area (Å²) in [7, 11) is 1.50. The molecule has 0 aliphatic carbocycles. The number of methoxy groups -OCH3 is 1. The molecule has 0 spiro atoms. The number of carbonyl (C=O) groups is 1. The van der Waals surface area contributed by atoms with Crippen LogP contribution in [0.2, 0.25) is 0 Å². The Labute approximate surface area is 118 Å². The van der Waals surface area contributed by atoms with Gasteiger partial charge in [0.15, 0.2) is 5.69 Å². The van der Waals surface area contributed by atoms with E-state index in [2.05, 4.69) is 9.97 Å². The molecule has 0 fully saturated rings. The summed E-state index contributed by atoms with van der Waals surface area (Å²) in [6.45, 7) is 3.91. The second kappa shape index (κ2) is 6.14. The average Bonchev–Trinajstić information content (AvgIpc) is 2.48. The maximum atomic E-state index is 12.6. The van der Waals surface area contributed by atoms with Crippen LogP contribution >= 0.6 is 0 Å². The highest BCUT2D eigenvalue weighted by Crippen LogP contribution is 2.19.